The number of aromatic hydroxyl groups is 2. The summed E-state index contributed by atoms with van der Waals surface area (Å²) in [5, 5.41) is 44.3. The van der Waals surface area contributed by atoms with Crippen LogP contribution in [0.5, 0.6) is 23.0 Å². The van der Waals surface area contributed by atoms with Crippen LogP contribution in [-0.4, -0.2) is 76.0 Å². The van der Waals surface area contributed by atoms with Gasteiger partial charge in [0.05, 0.1) is 11.4 Å². The fraction of sp³-hybridized carbons (Fsp3) is 0.106. The van der Waals surface area contributed by atoms with Gasteiger partial charge in [0.2, 0.25) is 23.6 Å². The van der Waals surface area contributed by atoms with E-state index in [2.05, 4.69) is 31.0 Å². The molecule has 0 unspecified atom stereocenters. The Morgan fingerprint density at radius 3 is 1.18 bits per heavy atom. The average molecular weight is 903 g/mol. The largest absolute Gasteiger partial charge is 0.505 e. The maximum absolute atomic E-state index is 12.7. The monoisotopic (exact) mass is 902 g/mol. The van der Waals surface area contributed by atoms with Crippen LogP contribution in [0.25, 0.3) is 33.4 Å². The molecule has 0 aliphatic carbocycles. The predicted molar refractivity (Wildman–Crippen MR) is 244 cm³/mol. The van der Waals surface area contributed by atoms with Crippen molar-refractivity contribution >= 4 is 80.6 Å². The Hall–Kier alpha value is -9.46. The molecule has 0 saturated heterocycles. The van der Waals surface area contributed by atoms with Crippen molar-refractivity contribution in [3.05, 3.63) is 132 Å². The second kappa shape index (κ2) is 18.3. The molecule has 0 bridgehead atoms. The number of aromatic nitrogens is 6. The molecule has 0 spiro atoms. The van der Waals surface area contributed by atoms with Gasteiger partial charge < -0.3 is 19.7 Å². The molecule has 2 aromatic heterocycles. The molecule has 67 heavy (non-hydrogen) atoms. The lowest BCUT2D eigenvalue weighted by molar-refractivity contribution is -0.125. The Balaban J connectivity index is 0.816. The fourth-order valence-corrected chi connectivity index (χ4v) is 7.09. The lowest BCUT2D eigenvalue weighted by Gasteiger charge is -2.16. The molecule has 20 nitrogen and oxygen atoms in total. The van der Waals surface area contributed by atoms with Gasteiger partial charge in [-0.15, -0.1) is 30.0 Å². The minimum absolute atomic E-state index is 0.0552. The minimum Gasteiger partial charge on any atom is -0.505 e. The van der Waals surface area contributed by atoms with Crippen molar-refractivity contribution in [3.8, 4) is 34.4 Å². The SMILES string of the molecule is CC(=O)N(C(C)=O)c1ccc2nn(-c3ccc(OC(=O)Nc4ccc(Cc5ccc(NC(=O)Oc6ccc(-n7nc8ccc(N(C(C)=O)C(C)=O)cc8n7)c(O)c6)cc5)cc4)cc3O)nc2c1. The van der Waals surface area contributed by atoms with Gasteiger partial charge in [0.1, 0.15) is 56.4 Å². The number of nitrogens with zero attached hydrogens (tertiary/aromatic N) is 8. The summed E-state index contributed by atoms with van der Waals surface area (Å²) in [7, 11) is 0. The molecule has 0 fully saturated rings. The van der Waals surface area contributed by atoms with Crippen molar-refractivity contribution in [1.82, 2.24) is 30.0 Å². The van der Waals surface area contributed by atoms with Crippen molar-refractivity contribution in [3.63, 3.8) is 0 Å². The third kappa shape index (κ3) is 9.87. The summed E-state index contributed by atoms with van der Waals surface area (Å²) in [5.41, 5.74) is 5.51. The van der Waals surface area contributed by atoms with Crippen LogP contribution < -0.4 is 29.9 Å². The molecule has 0 saturated carbocycles. The van der Waals surface area contributed by atoms with E-state index < -0.39 is 35.8 Å². The van der Waals surface area contributed by atoms with Crippen LogP contribution in [0, 0.1) is 0 Å². The van der Waals surface area contributed by atoms with E-state index in [1.165, 1.54) is 85.8 Å². The van der Waals surface area contributed by atoms with Gasteiger partial charge in [0.15, 0.2) is 0 Å². The molecular weight excluding hydrogens is 865 g/mol. The van der Waals surface area contributed by atoms with Crippen LogP contribution in [-0.2, 0) is 25.6 Å². The molecule has 6 amide bonds. The third-order valence-corrected chi connectivity index (χ3v) is 10.1. The molecule has 0 aliphatic heterocycles. The quantitative estimate of drug-likeness (QED) is 0.106. The molecule has 0 atom stereocenters. The second-order valence-corrected chi connectivity index (χ2v) is 15.0. The number of imide groups is 2. The van der Waals surface area contributed by atoms with Crippen molar-refractivity contribution < 1.29 is 48.5 Å². The molecule has 8 rings (SSSR count). The Bertz CT molecular complexity index is 3030. The zero-order valence-corrected chi connectivity index (χ0v) is 36.0. The van der Waals surface area contributed by atoms with Gasteiger partial charge >= 0.3 is 12.2 Å². The number of benzene rings is 6. The number of anilines is 4. The normalized spacial score (nSPS) is 10.9. The predicted octanol–water partition coefficient (Wildman–Crippen LogP) is 7.18. The van der Waals surface area contributed by atoms with Gasteiger partial charge in [-0.1, -0.05) is 24.3 Å². The van der Waals surface area contributed by atoms with E-state index in [1.807, 2.05) is 24.3 Å². The highest BCUT2D eigenvalue weighted by Gasteiger charge is 2.21. The number of fused-ring (bicyclic) bond motifs is 2. The van der Waals surface area contributed by atoms with Crippen molar-refractivity contribution in [2.75, 3.05) is 20.4 Å². The Labute approximate surface area is 379 Å². The fourth-order valence-electron chi connectivity index (χ4n) is 7.09. The lowest BCUT2D eigenvalue weighted by atomic mass is 10.0. The number of phenols is 2. The standard InChI is InChI=1S/C47H38N10O10/c1-26(58)54(27(2)59)34-13-17-38-40(22-34)52-56(50-38)42-19-15-36(24-44(42)62)66-46(64)48-32-9-5-30(6-10-32)21-31-7-11-33(12-8-31)49-47(65)67-37-16-20-43(45(63)25-37)57-51-39-18-14-35(23-41(39)53-57)55(28(3)60)29(4)61/h5-20,22-25,62-63H,21H2,1-4H3,(H,48,64)(H,49,65). The van der Waals surface area contributed by atoms with E-state index in [-0.39, 0.29) is 34.4 Å². The number of hydrogen-bond donors (Lipinski definition) is 4. The number of nitrogens with one attached hydrogen (secondary N) is 2. The Kier molecular flexibility index (Phi) is 12.1. The number of carbonyl (C=O) groups excluding carboxylic acids is 6. The number of rotatable bonds is 10. The van der Waals surface area contributed by atoms with E-state index in [0.717, 1.165) is 20.9 Å². The minimum atomic E-state index is -0.793. The van der Waals surface area contributed by atoms with E-state index in [1.54, 1.807) is 48.5 Å². The van der Waals surface area contributed by atoms with Crippen molar-refractivity contribution in [2.24, 2.45) is 0 Å². The number of carbonyl (C=O) groups is 6. The highest BCUT2D eigenvalue weighted by molar-refractivity contribution is 6.14. The van der Waals surface area contributed by atoms with E-state index in [9.17, 15) is 39.0 Å². The molecular formula is C47H38N10O10. The molecule has 8 aromatic rings. The summed E-state index contributed by atoms with van der Waals surface area (Å²) >= 11 is 0. The summed E-state index contributed by atoms with van der Waals surface area (Å²) < 4.78 is 10.8. The maximum atomic E-state index is 12.7. The van der Waals surface area contributed by atoms with Crippen molar-refractivity contribution in [2.45, 2.75) is 34.1 Å². The highest BCUT2D eigenvalue weighted by atomic mass is 16.6. The molecule has 0 aliphatic rings. The molecule has 20 heteroatoms. The first-order valence-corrected chi connectivity index (χ1v) is 20.3. The summed E-state index contributed by atoms with van der Waals surface area (Å²) in [5.74, 6) is -2.23. The second-order valence-electron chi connectivity index (χ2n) is 15.0. The van der Waals surface area contributed by atoms with Gasteiger partial charge in [0.25, 0.3) is 0 Å². The summed E-state index contributed by atoms with van der Waals surface area (Å²) in [6.07, 6.45) is -1.04. The smallest absolute Gasteiger partial charge is 0.417 e. The first-order chi connectivity index (χ1) is 32.1. The van der Waals surface area contributed by atoms with E-state index >= 15 is 0 Å². The van der Waals surface area contributed by atoms with Crippen LogP contribution in [0.4, 0.5) is 32.3 Å². The molecule has 336 valence electrons. The van der Waals surface area contributed by atoms with Gasteiger partial charge in [-0.05, 0) is 102 Å². The highest BCUT2D eigenvalue weighted by Crippen LogP contribution is 2.30. The Morgan fingerprint density at radius 2 is 0.836 bits per heavy atom. The van der Waals surface area contributed by atoms with Crippen LogP contribution in [0.1, 0.15) is 38.8 Å². The summed E-state index contributed by atoms with van der Waals surface area (Å²) in [6, 6.07) is 32.0. The first-order valence-electron chi connectivity index (χ1n) is 20.3. The van der Waals surface area contributed by atoms with Gasteiger partial charge in [0, 0.05) is 51.2 Å². The van der Waals surface area contributed by atoms with Crippen LogP contribution in [0.3, 0.4) is 0 Å². The molecule has 0 radical (unpaired) electrons. The van der Waals surface area contributed by atoms with Crippen LogP contribution >= 0.6 is 0 Å². The average Bonchev–Trinajstić information content (AvgIpc) is 3.88. The maximum Gasteiger partial charge on any atom is 0.417 e. The summed E-state index contributed by atoms with van der Waals surface area (Å²) in [6.45, 7) is 5.12. The van der Waals surface area contributed by atoms with Crippen molar-refractivity contribution in [1.29, 1.82) is 0 Å². The third-order valence-electron chi connectivity index (χ3n) is 10.1. The zero-order valence-electron chi connectivity index (χ0n) is 36.0. The first kappa shape index (κ1) is 44.2. The Morgan fingerprint density at radius 1 is 0.478 bits per heavy atom. The molecule has 2 heterocycles. The number of ether oxygens (including phenoxy) is 2. The van der Waals surface area contributed by atoms with Crippen LogP contribution in [0.15, 0.2) is 121 Å². The number of hydrogen-bond acceptors (Lipinski definition) is 14. The van der Waals surface area contributed by atoms with Gasteiger partial charge in [-0.3, -0.25) is 39.6 Å². The topological polar surface area (TPSA) is 253 Å². The van der Waals surface area contributed by atoms with E-state index in [4.69, 9.17) is 9.47 Å². The number of amides is 6. The van der Waals surface area contributed by atoms with Crippen LogP contribution in [0.2, 0.25) is 0 Å². The summed E-state index contributed by atoms with van der Waals surface area (Å²) in [4.78, 5) is 77.8. The molecule has 4 N–H and O–H groups in total. The van der Waals surface area contributed by atoms with Gasteiger partial charge in [-0.2, -0.15) is 0 Å². The molecule has 6 aromatic carbocycles. The zero-order chi connectivity index (χ0) is 47.5. The van der Waals surface area contributed by atoms with E-state index in [0.29, 0.717) is 51.2 Å². The lowest BCUT2D eigenvalue weighted by Crippen LogP contribution is -2.32. The van der Waals surface area contributed by atoms with Gasteiger partial charge in [-0.25, -0.2) is 9.59 Å². The number of phenolic OH excluding ortho intramolecular Hbond substituents is 2.